The third-order valence-corrected chi connectivity index (χ3v) is 4.33. The van der Waals surface area contributed by atoms with E-state index in [1.807, 2.05) is 0 Å². The van der Waals surface area contributed by atoms with Crippen LogP contribution in [0.5, 0.6) is 0 Å². The Hall–Kier alpha value is -0.820. The first-order valence-corrected chi connectivity index (χ1v) is 7.40. The molecule has 1 unspecified atom stereocenters. The highest BCUT2D eigenvalue weighted by Gasteiger charge is 2.42. The Balaban J connectivity index is 2.21. The Morgan fingerprint density at radius 1 is 1.40 bits per heavy atom. The van der Waals surface area contributed by atoms with E-state index in [1.165, 1.54) is 0 Å². The predicted molar refractivity (Wildman–Crippen MR) is 81.0 cm³/mol. The highest BCUT2D eigenvalue weighted by molar-refractivity contribution is 9.10. The maximum absolute atomic E-state index is 12.8. The standard InChI is InChI=1S/C13H14BrF3N2S/c14-10-6-8(12(18)20)3-4-11(10)19-5-1-2-9(7-19)13(15,16)17/h3-4,6,9H,1-2,5,7H2,(H2,18,20). The summed E-state index contributed by atoms with van der Waals surface area (Å²) >= 11 is 8.27. The average molecular weight is 367 g/mol. The molecule has 1 saturated heterocycles. The lowest BCUT2D eigenvalue weighted by Crippen LogP contribution is -2.41. The molecule has 1 aromatic rings. The quantitative estimate of drug-likeness (QED) is 0.805. The van der Waals surface area contributed by atoms with Crippen LogP contribution in [0.25, 0.3) is 0 Å². The maximum Gasteiger partial charge on any atom is 0.393 e. The molecule has 0 bridgehead atoms. The van der Waals surface area contributed by atoms with Gasteiger partial charge in [-0.2, -0.15) is 13.2 Å². The molecule has 1 atom stereocenters. The summed E-state index contributed by atoms with van der Waals surface area (Å²) in [7, 11) is 0. The highest BCUT2D eigenvalue weighted by Crippen LogP contribution is 2.37. The molecule has 2 N–H and O–H groups in total. The molecular formula is C13H14BrF3N2S. The fourth-order valence-electron chi connectivity index (χ4n) is 2.38. The summed E-state index contributed by atoms with van der Waals surface area (Å²) in [4.78, 5) is 2.03. The van der Waals surface area contributed by atoms with Crippen molar-refractivity contribution in [3.05, 3.63) is 28.2 Å². The first kappa shape index (κ1) is 15.6. The number of nitrogens with two attached hydrogens (primary N) is 1. The number of benzene rings is 1. The van der Waals surface area contributed by atoms with Crippen LogP contribution >= 0.6 is 28.1 Å². The number of piperidine rings is 1. The van der Waals surface area contributed by atoms with Gasteiger partial charge >= 0.3 is 6.18 Å². The van der Waals surface area contributed by atoms with E-state index in [1.54, 1.807) is 23.1 Å². The number of halogens is 4. The topological polar surface area (TPSA) is 29.3 Å². The van der Waals surface area contributed by atoms with E-state index in [0.717, 1.165) is 5.69 Å². The molecule has 1 heterocycles. The minimum absolute atomic E-state index is 0.00544. The minimum Gasteiger partial charge on any atom is -0.389 e. The van der Waals surface area contributed by atoms with Crippen molar-refractivity contribution < 1.29 is 13.2 Å². The van der Waals surface area contributed by atoms with Gasteiger partial charge in [0.1, 0.15) is 4.99 Å². The number of thiocarbonyl (C=S) groups is 1. The SMILES string of the molecule is NC(=S)c1ccc(N2CCCC(C(F)(F)F)C2)c(Br)c1. The lowest BCUT2D eigenvalue weighted by atomic mass is 9.97. The van der Waals surface area contributed by atoms with Crippen molar-refractivity contribution in [2.75, 3.05) is 18.0 Å². The van der Waals surface area contributed by atoms with E-state index >= 15 is 0 Å². The fraction of sp³-hybridized carbons (Fsp3) is 0.462. The second-order valence-corrected chi connectivity index (χ2v) is 6.15. The Labute approximate surface area is 129 Å². The molecule has 0 aliphatic carbocycles. The van der Waals surface area contributed by atoms with Crippen molar-refractivity contribution in [2.24, 2.45) is 11.7 Å². The molecule has 0 aromatic heterocycles. The molecule has 2 rings (SSSR count). The molecule has 20 heavy (non-hydrogen) atoms. The number of hydrogen-bond acceptors (Lipinski definition) is 2. The van der Waals surface area contributed by atoms with E-state index in [2.05, 4.69) is 15.9 Å². The lowest BCUT2D eigenvalue weighted by molar-refractivity contribution is -0.175. The molecule has 0 amide bonds. The molecule has 7 heteroatoms. The first-order valence-electron chi connectivity index (χ1n) is 6.20. The molecule has 0 saturated carbocycles. The monoisotopic (exact) mass is 366 g/mol. The van der Waals surface area contributed by atoms with Crippen molar-refractivity contribution in [1.29, 1.82) is 0 Å². The van der Waals surface area contributed by atoms with Crippen LogP contribution < -0.4 is 10.6 Å². The van der Waals surface area contributed by atoms with Gasteiger partial charge in [0.05, 0.1) is 11.6 Å². The number of hydrogen-bond donors (Lipinski definition) is 1. The van der Waals surface area contributed by atoms with E-state index in [9.17, 15) is 13.2 Å². The second kappa shape index (κ2) is 5.89. The van der Waals surface area contributed by atoms with Crippen LogP contribution in [-0.4, -0.2) is 24.3 Å². The average Bonchev–Trinajstić information content (AvgIpc) is 2.37. The first-order chi connectivity index (χ1) is 9.29. The van der Waals surface area contributed by atoms with Gasteiger partial charge in [-0.3, -0.25) is 0 Å². The van der Waals surface area contributed by atoms with E-state index in [0.29, 0.717) is 23.0 Å². The summed E-state index contributed by atoms with van der Waals surface area (Å²) in [5.74, 6) is -1.27. The maximum atomic E-state index is 12.8. The van der Waals surface area contributed by atoms with Crippen LogP contribution in [0, 0.1) is 5.92 Å². The zero-order chi connectivity index (χ0) is 14.9. The van der Waals surface area contributed by atoms with Gasteiger partial charge in [-0.05, 0) is 47.0 Å². The summed E-state index contributed by atoms with van der Waals surface area (Å²) < 4.78 is 39.2. The second-order valence-electron chi connectivity index (χ2n) is 4.86. The van der Waals surface area contributed by atoms with Gasteiger partial charge in [-0.1, -0.05) is 12.2 Å². The Bertz CT molecular complexity index is 519. The Morgan fingerprint density at radius 3 is 2.65 bits per heavy atom. The fourth-order valence-corrected chi connectivity index (χ4v) is 3.14. The van der Waals surface area contributed by atoms with E-state index in [4.69, 9.17) is 18.0 Å². The molecule has 0 spiro atoms. The minimum atomic E-state index is -4.14. The number of alkyl halides is 3. The van der Waals surface area contributed by atoms with Gasteiger partial charge < -0.3 is 10.6 Å². The van der Waals surface area contributed by atoms with Crippen molar-refractivity contribution in [2.45, 2.75) is 19.0 Å². The van der Waals surface area contributed by atoms with Crippen molar-refractivity contribution in [3.63, 3.8) is 0 Å². The Kier molecular flexibility index (Phi) is 4.59. The molecule has 2 nitrogen and oxygen atoms in total. The number of anilines is 1. The molecular weight excluding hydrogens is 353 g/mol. The zero-order valence-corrected chi connectivity index (χ0v) is 13.0. The van der Waals surface area contributed by atoms with Gasteiger partial charge in [-0.15, -0.1) is 0 Å². The van der Waals surface area contributed by atoms with Crippen molar-refractivity contribution >= 4 is 38.8 Å². The summed E-state index contributed by atoms with van der Waals surface area (Å²) in [6.07, 6.45) is -3.40. The molecule has 110 valence electrons. The third-order valence-electron chi connectivity index (χ3n) is 3.46. The summed E-state index contributed by atoms with van der Waals surface area (Å²) in [6.45, 7) is 0.617. The van der Waals surface area contributed by atoms with Crippen LogP contribution in [0.1, 0.15) is 18.4 Å². The zero-order valence-electron chi connectivity index (χ0n) is 10.6. The normalized spacial score (nSPS) is 20.0. The van der Waals surface area contributed by atoms with Gasteiger partial charge in [0.2, 0.25) is 0 Å². The molecule has 1 aliphatic heterocycles. The Morgan fingerprint density at radius 2 is 2.10 bits per heavy atom. The molecule has 0 radical (unpaired) electrons. The van der Waals surface area contributed by atoms with Crippen LogP contribution in [-0.2, 0) is 0 Å². The van der Waals surface area contributed by atoms with E-state index < -0.39 is 12.1 Å². The molecule has 1 aliphatic rings. The van der Waals surface area contributed by atoms with Crippen LogP contribution in [0.15, 0.2) is 22.7 Å². The smallest absolute Gasteiger partial charge is 0.389 e. The lowest BCUT2D eigenvalue weighted by Gasteiger charge is -2.35. The van der Waals surface area contributed by atoms with Gasteiger partial charge in [-0.25, -0.2) is 0 Å². The summed E-state index contributed by atoms with van der Waals surface area (Å²) in [6, 6.07) is 5.24. The highest BCUT2D eigenvalue weighted by atomic mass is 79.9. The largest absolute Gasteiger partial charge is 0.393 e. The van der Waals surface area contributed by atoms with Crippen LogP contribution in [0.4, 0.5) is 18.9 Å². The number of rotatable bonds is 2. The summed E-state index contributed by atoms with van der Waals surface area (Å²) in [5.41, 5.74) is 6.98. The third kappa shape index (κ3) is 3.44. The van der Waals surface area contributed by atoms with Gasteiger partial charge in [0, 0.05) is 23.1 Å². The van der Waals surface area contributed by atoms with Crippen LogP contribution in [0.2, 0.25) is 0 Å². The van der Waals surface area contributed by atoms with Crippen molar-refractivity contribution in [3.8, 4) is 0 Å². The van der Waals surface area contributed by atoms with E-state index in [-0.39, 0.29) is 18.0 Å². The predicted octanol–water partition coefficient (Wildman–Crippen LogP) is 3.86. The van der Waals surface area contributed by atoms with Gasteiger partial charge in [0.25, 0.3) is 0 Å². The molecule has 1 fully saturated rings. The van der Waals surface area contributed by atoms with Gasteiger partial charge in [0.15, 0.2) is 0 Å². The molecule has 1 aromatic carbocycles. The number of nitrogens with zero attached hydrogens (tertiary/aromatic N) is 1. The summed E-state index contributed by atoms with van der Waals surface area (Å²) in [5, 5.41) is 0. The van der Waals surface area contributed by atoms with Crippen LogP contribution in [0.3, 0.4) is 0 Å². The van der Waals surface area contributed by atoms with Crippen molar-refractivity contribution in [1.82, 2.24) is 0 Å².